The molecule has 0 bridgehead atoms. The number of aryl methyl sites for hydroxylation is 1. The molecule has 1 aliphatic rings. The summed E-state index contributed by atoms with van der Waals surface area (Å²) < 4.78 is 0. The molecule has 1 fully saturated rings. The molecule has 0 aliphatic heterocycles. The first-order chi connectivity index (χ1) is 9.06. The van der Waals surface area contributed by atoms with Crippen LogP contribution < -0.4 is 16.4 Å². The Bertz CT molecular complexity index is 495. The monoisotopic (exact) mass is 261 g/mol. The van der Waals surface area contributed by atoms with Crippen molar-refractivity contribution in [1.82, 2.24) is 10.6 Å². The van der Waals surface area contributed by atoms with Gasteiger partial charge in [-0.25, -0.2) is 0 Å². The van der Waals surface area contributed by atoms with Crippen molar-refractivity contribution < 1.29 is 9.59 Å². The van der Waals surface area contributed by atoms with Crippen molar-refractivity contribution in [1.29, 1.82) is 0 Å². The average molecular weight is 261 g/mol. The molecule has 102 valence electrons. The van der Waals surface area contributed by atoms with E-state index in [1.165, 1.54) is 0 Å². The van der Waals surface area contributed by atoms with Crippen LogP contribution in [0.5, 0.6) is 0 Å². The van der Waals surface area contributed by atoms with Crippen LogP contribution in [0.4, 0.5) is 5.69 Å². The van der Waals surface area contributed by atoms with Gasteiger partial charge in [0, 0.05) is 30.3 Å². The minimum atomic E-state index is -0.178. The van der Waals surface area contributed by atoms with Gasteiger partial charge in [-0.05, 0) is 43.5 Å². The SMILES string of the molecule is Cc1cc(C(=O)NCCC(=O)NC2CC2)ccc1N. The molecule has 1 aliphatic carbocycles. The van der Waals surface area contributed by atoms with E-state index in [0.717, 1.165) is 18.4 Å². The third kappa shape index (κ3) is 3.98. The first-order valence-corrected chi connectivity index (χ1v) is 6.50. The number of rotatable bonds is 5. The van der Waals surface area contributed by atoms with E-state index >= 15 is 0 Å². The molecule has 4 N–H and O–H groups in total. The third-order valence-corrected chi connectivity index (χ3v) is 3.11. The lowest BCUT2D eigenvalue weighted by molar-refractivity contribution is -0.121. The first-order valence-electron chi connectivity index (χ1n) is 6.50. The normalized spacial score (nSPS) is 13.9. The minimum absolute atomic E-state index is 0.00344. The average Bonchev–Trinajstić information content (AvgIpc) is 3.16. The van der Waals surface area contributed by atoms with Gasteiger partial charge in [0.2, 0.25) is 5.91 Å². The molecule has 2 rings (SSSR count). The summed E-state index contributed by atoms with van der Waals surface area (Å²) in [5.74, 6) is -0.182. The molecule has 0 atom stereocenters. The molecule has 0 saturated heterocycles. The zero-order chi connectivity index (χ0) is 13.8. The number of carbonyl (C=O) groups excluding carboxylic acids is 2. The van der Waals surface area contributed by atoms with E-state index < -0.39 is 0 Å². The van der Waals surface area contributed by atoms with Crippen molar-refractivity contribution in [2.75, 3.05) is 12.3 Å². The third-order valence-electron chi connectivity index (χ3n) is 3.11. The van der Waals surface area contributed by atoms with Crippen molar-refractivity contribution >= 4 is 17.5 Å². The second-order valence-electron chi connectivity index (χ2n) is 4.92. The smallest absolute Gasteiger partial charge is 0.251 e. The van der Waals surface area contributed by atoms with Gasteiger partial charge in [-0.3, -0.25) is 9.59 Å². The van der Waals surface area contributed by atoms with E-state index in [-0.39, 0.29) is 11.8 Å². The fourth-order valence-electron chi connectivity index (χ4n) is 1.74. The highest BCUT2D eigenvalue weighted by Gasteiger charge is 2.22. The lowest BCUT2D eigenvalue weighted by atomic mass is 10.1. The van der Waals surface area contributed by atoms with Gasteiger partial charge < -0.3 is 16.4 Å². The van der Waals surface area contributed by atoms with Crippen LogP contribution in [0.15, 0.2) is 18.2 Å². The van der Waals surface area contributed by atoms with Gasteiger partial charge in [-0.15, -0.1) is 0 Å². The van der Waals surface area contributed by atoms with Crippen molar-refractivity contribution in [3.05, 3.63) is 29.3 Å². The van der Waals surface area contributed by atoms with Crippen LogP contribution in [0.3, 0.4) is 0 Å². The van der Waals surface area contributed by atoms with Crippen LogP contribution in [-0.4, -0.2) is 24.4 Å². The lowest BCUT2D eigenvalue weighted by Gasteiger charge is -2.07. The Labute approximate surface area is 112 Å². The predicted molar refractivity (Wildman–Crippen MR) is 73.7 cm³/mol. The molecule has 0 spiro atoms. The Morgan fingerprint density at radius 2 is 2.11 bits per heavy atom. The second kappa shape index (κ2) is 5.73. The molecular weight excluding hydrogens is 242 g/mol. The predicted octanol–water partition coefficient (Wildman–Crippen LogP) is 0.976. The Morgan fingerprint density at radius 3 is 2.74 bits per heavy atom. The summed E-state index contributed by atoms with van der Waals surface area (Å²) in [6, 6.07) is 5.50. The summed E-state index contributed by atoms with van der Waals surface area (Å²) in [4.78, 5) is 23.3. The second-order valence-corrected chi connectivity index (χ2v) is 4.92. The van der Waals surface area contributed by atoms with Crippen molar-refractivity contribution in [3.8, 4) is 0 Å². The Morgan fingerprint density at radius 1 is 1.37 bits per heavy atom. The summed E-state index contributed by atoms with van der Waals surface area (Å²) >= 11 is 0. The number of nitrogens with two attached hydrogens (primary N) is 1. The molecule has 1 saturated carbocycles. The minimum Gasteiger partial charge on any atom is -0.399 e. The lowest BCUT2D eigenvalue weighted by Crippen LogP contribution is -2.31. The molecule has 0 heterocycles. The van der Waals surface area contributed by atoms with Crippen molar-refractivity contribution in [2.45, 2.75) is 32.2 Å². The fraction of sp³-hybridized carbons (Fsp3) is 0.429. The Hall–Kier alpha value is -2.04. The van der Waals surface area contributed by atoms with E-state index in [1.807, 2.05) is 6.92 Å². The van der Waals surface area contributed by atoms with Crippen LogP contribution in [0, 0.1) is 6.92 Å². The standard InChI is InChI=1S/C14H19N3O2/c1-9-8-10(2-5-12(9)15)14(19)16-7-6-13(18)17-11-3-4-11/h2,5,8,11H,3-4,6-7,15H2,1H3,(H,16,19)(H,17,18). The maximum Gasteiger partial charge on any atom is 0.251 e. The number of anilines is 1. The maximum absolute atomic E-state index is 11.8. The quantitative estimate of drug-likeness (QED) is 0.691. The highest BCUT2D eigenvalue weighted by atomic mass is 16.2. The van der Waals surface area contributed by atoms with E-state index in [0.29, 0.717) is 30.3 Å². The molecule has 0 radical (unpaired) electrons. The van der Waals surface area contributed by atoms with E-state index in [4.69, 9.17) is 5.73 Å². The fourth-order valence-corrected chi connectivity index (χ4v) is 1.74. The number of nitrogens with one attached hydrogen (secondary N) is 2. The van der Waals surface area contributed by atoms with E-state index in [1.54, 1.807) is 18.2 Å². The Kier molecular flexibility index (Phi) is 4.04. The van der Waals surface area contributed by atoms with Crippen molar-refractivity contribution in [3.63, 3.8) is 0 Å². The molecule has 0 unspecified atom stereocenters. The van der Waals surface area contributed by atoms with E-state index in [2.05, 4.69) is 10.6 Å². The van der Waals surface area contributed by atoms with Gasteiger partial charge in [-0.1, -0.05) is 0 Å². The van der Waals surface area contributed by atoms with Crippen LogP contribution in [0.1, 0.15) is 35.2 Å². The molecule has 19 heavy (non-hydrogen) atoms. The van der Waals surface area contributed by atoms with Crippen LogP contribution >= 0.6 is 0 Å². The summed E-state index contributed by atoms with van der Waals surface area (Å²) in [5, 5.41) is 5.61. The number of nitrogen functional groups attached to an aromatic ring is 1. The first kappa shape index (κ1) is 13.4. The molecule has 0 aromatic heterocycles. The van der Waals surface area contributed by atoms with Crippen molar-refractivity contribution in [2.24, 2.45) is 0 Å². The zero-order valence-electron chi connectivity index (χ0n) is 11.0. The number of benzene rings is 1. The van der Waals surface area contributed by atoms with Gasteiger partial charge in [-0.2, -0.15) is 0 Å². The van der Waals surface area contributed by atoms with Crippen LogP contribution in [0.25, 0.3) is 0 Å². The number of amides is 2. The molecule has 5 heteroatoms. The maximum atomic E-state index is 11.8. The molecule has 2 amide bonds. The van der Waals surface area contributed by atoms with Crippen LogP contribution in [-0.2, 0) is 4.79 Å². The van der Waals surface area contributed by atoms with Gasteiger partial charge in [0.25, 0.3) is 5.91 Å². The highest BCUT2D eigenvalue weighted by Crippen LogP contribution is 2.18. The molecule has 1 aromatic rings. The Balaban J connectivity index is 1.76. The number of carbonyl (C=O) groups is 2. The summed E-state index contributed by atoms with van der Waals surface area (Å²) in [6.07, 6.45) is 2.46. The van der Waals surface area contributed by atoms with Gasteiger partial charge >= 0.3 is 0 Å². The molecule has 5 nitrogen and oxygen atoms in total. The molecular formula is C14H19N3O2. The number of hydrogen-bond donors (Lipinski definition) is 3. The number of hydrogen-bond acceptors (Lipinski definition) is 3. The highest BCUT2D eigenvalue weighted by molar-refractivity contribution is 5.95. The van der Waals surface area contributed by atoms with Gasteiger partial charge in [0.05, 0.1) is 0 Å². The van der Waals surface area contributed by atoms with Crippen LogP contribution in [0.2, 0.25) is 0 Å². The largest absolute Gasteiger partial charge is 0.399 e. The zero-order valence-corrected chi connectivity index (χ0v) is 11.0. The van der Waals surface area contributed by atoms with E-state index in [9.17, 15) is 9.59 Å². The summed E-state index contributed by atoms with van der Waals surface area (Å²) in [5.41, 5.74) is 7.80. The topological polar surface area (TPSA) is 84.2 Å². The van der Waals surface area contributed by atoms with Gasteiger partial charge in [0.1, 0.15) is 0 Å². The molecule has 1 aromatic carbocycles. The summed E-state index contributed by atoms with van der Waals surface area (Å²) in [6.45, 7) is 2.20. The van der Waals surface area contributed by atoms with Gasteiger partial charge in [0.15, 0.2) is 0 Å². The summed E-state index contributed by atoms with van der Waals surface area (Å²) in [7, 11) is 0.